The third-order valence-corrected chi connectivity index (χ3v) is 2.72. The first-order valence-electron chi connectivity index (χ1n) is 4.76. The highest BCUT2D eigenvalue weighted by Crippen LogP contribution is 2.34. The van der Waals surface area contributed by atoms with Crippen molar-refractivity contribution in [2.75, 3.05) is 5.75 Å². The highest BCUT2D eigenvalue weighted by Gasteiger charge is 2.43. The van der Waals surface area contributed by atoms with Crippen LogP contribution in [0.2, 0.25) is 0 Å². The molecule has 0 heterocycles. The molecule has 0 N–H and O–H groups in total. The summed E-state index contributed by atoms with van der Waals surface area (Å²) < 4.78 is 73.9. The smallest absolute Gasteiger partial charge is 0.288 e. The predicted molar refractivity (Wildman–Crippen MR) is 52.9 cm³/mol. The molecular formula is C9H12F6OS. The fourth-order valence-corrected chi connectivity index (χ4v) is 1.59. The summed E-state index contributed by atoms with van der Waals surface area (Å²) >= 11 is 0.665. The molecule has 0 bridgehead atoms. The standard InChI is InChI=1S/C9H12F6OS/c1-6(16)17-5-2-7(10)8(11,12)3-4-9(13,14)15/h7H,2-5H2,1H3. The summed E-state index contributed by atoms with van der Waals surface area (Å²) in [6, 6.07) is 0. The van der Waals surface area contributed by atoms with Crippen LogP contribution >= 0.6 is 11.8 Å². The molecule has 8 heteroatoms. The molecule has 0 rings (SSSR count). The molecule has 0 amide bonds. The van der Waals surface area contributed by atoms with Gasteiger partial charge < -0.3 is 0 Å². The van der Waals surface area contributed by atoms with Gasteiger partial charge >= 0.3 is 6.18 Å². The molecule has 0 aliphatic heterocycles. The van der Waals surface area contributed by atoms with Crippen LogP contribution in [-0.2, 0) is 4.79 Å². The number of carbonyl (C=O) groups is 1. The van der Waals surface area contributed by atoms with Crippen LogP contribution in [0.4, 0.5) is 26.3 Å². The van der Waals surface area contributed by atoms with Crippen molar-refractivity contribution < 1.29 is 31.1 Å². The quantitative estimate of drug-likeness (QED) is 0.686. The van der Waals surface area contributed by atoms with Crippen molar-refractivity contribution in [3.8, 4) is 0 Å². The van der Waals surface area contributed by atoms with Crippen LogP contribution in [0.5, 0.6) is 0 Å². The summed E-state index contributed by atoms with van der Waals surface area (Å²) in [6.07, 6.45) is -11.3. The minimum absolute atomic E-state index is 0.169. The molecule has 0 spiro atoms. The van der Waals surface area contributed by atoms with Gasteiger partial charge in [-0.25, -0.2) is 13.2 Å². The van der Waals surface area contributed by atoms with Gasteiger partial charge in [-0.15, -0.1) is 0 Å². The number of thioether (sulfide) groups is 1. The Morgan fingerprint density at radius 3 is 2.12 bits per heavy atom. The summed E-state index contributed by atoms with van der Waals surface area (Å²) in [5.41, 5.74) is 0. The number of rotatable bonds is 6. The number of carbonyl (C=O) groups excluding carboxylic acids is 1. The molecule has 102 valence electrons. The SMILES string of the molecule is CC(=O)SCCC(F)C(F)(F)CCC(F)(F)F. The summed E-state index contributed by atoms with van der Waals surface area (Å²) in [4.78, 5) is 10.4. The van der Waals surface area contributed by atoms with Gasteiger partial charge in [-0.1, -0.05) is 11.8 Å². The fraction of sp³-hybridized carbons (Fsp3) is 0.889. The van der Waals surface area contributed by atoms with Gasteiger partial charge in [0.25, 0.3) is 5.92 Å². The molecule has 0 saturated carbocycles. The average Bonchev–Trinajstić information content (AvgIpc) is 2.13. The van der Waals surface area contributed by atoms with E-state index >= 15 is 0 Å². The van der Waals surface area contributed by atoms with E-state index in [0.717, 1.165) is 0 Å². The van der Waals surface area contributed by atoms with Crippen LogP contribution in [0.3, 0.4) is 0 Å². The van der Waals surface area contributed by atoms with E-state index in [-0.39, 0.29) is 10.9 Å². The second-order valence-electron chi connectivity index (χ2n) is 3.47. The molecule has 0 aromatic heterocycles. The molecule has 1 unspecified atom stereocenters. The zero-order valence-corrected chi connectivity index (χ0v) is 9.81. The molecule has 0 aliphatic rings. The Kier molecular flexibility index (Phi) is 6.36. The summed E-state index contributed by atoms with van der Waals surface area (Å²) in [5, 5.41) is -0.351. The van der Waals surface area contributed by atoms with Crippen molar-refractivity contribution in [3.63, 3.8) is 0 Å². The summed E-state index contributed by atoms with van der Waals surface area (Å²) in [6.45, 7) is 1.19. The van der Waals surface area contributed by atoms with Crippen LogP contribution in [0.15, 0.2) is 0 Å². The van der Waals surface area contributed by atoms with Crippen molar-refractivity contribution in [2.45, 2.75) is 44.5 Å². The average molecular weight is 282 g/mol. The number of hydrogen-bond acceptors (Lipinski definition) is 2. The maximum Gasteiger partial charge on any atom is 0.389 e. The molecule has 0 fully saturated rings. The third-order valence-electron chi connectivity index (χ3n) is 1.88. The lowest BCUT2D eigenvalue weighted by Gasteiger charge is -2.21. The monoisotopic (exact) mass is 282 g/mol. The fourth-order valence-electron chi connectivity index (χ4n) is 0.982. The lowest BCUT2D eigenvalue weighted by atomic mass is 10.1. The molecule has 1 atom stereocenters. The van der Waals surface area contributed by atoms with E-state index in [1.165, 1.54) is 6.92 Å². The van der Waals surface area contributed by atoms with Crippen LogP contribution in [0.1, 0.15) is 26.2 Å². The van der Waals surface area contributed by atoms with Crippen molar-refractivity contribution >= 4 is 16.9 Å². The zero-order valence-electron chi connectivity index (χ0n) is 8.99. The highest BCUT2D eigenvalue weighted by molar-refractivity contribution is 8.13. The first kappa shape index (κ1) is 16.6. The lowest BCUT2D eigenvalue weighted by molar-refractivity contribution is -0.161. The Balaban J connectivity index is 4.06. The Hall–Kier alpha value is -0.400. The first-order chi connectivity index (χ1) is 7.54. The zero-order chi connectivity index (χ0) is 13.7. The summed E-state index contributed by atoms with van der Waals surface area (Å²) in [5.74, 6) is -4.18. The molecule has 0 radical (unpaired) electrons. The topological polar surface area (TPSA) is 17.1 Å². The number of hydrogen-bond donors (Lipinski definition) is 0. The lowest BCUT2D eigenvalue weighted by Crippen LogP contribution is -2.32. The molecule has 0 aromatic carbocycles. The molecule has 0 aliphatic carbocycles. The summed E-state index contributed by atoms with van der Waals surface area (Å²) in [7, 11) is 0. The third kappa shape index (κ3) is 8.34. The maximum absolute atomic E-state index is 13.0. The number of halogens is 6. The molecule has 0 saturated heterocycles. The molecule has 0 aromatic rings. The predicted octanol–water partition coefficient (Wildman–Crippen LogP) is 3.97. The minimum atomic E-state index is -4.72. The Morgan fingerprint density at radius 2 is 1.71 bits per heavy atom. The molecule has 17 heavy (non-hydrogen) atoms. The Bertz CT molecular complexity index is 252. The van der Waals surface area contributed by atoms with E-state index in [1.54, 1.807) is 0 Å². The van der Waals surface area contributed by atoms with Crippen LogP contribution in [0, 0.1) is 0 Å². The minimum Gasteiger partial charge on any atom is -0.288 e. The van der Waals surface area contributed by atoms with Gasteiger partial charge in [0.2, 0.25) is 0 Å². The number of alkyl halides is 6. The van der Waals surface area contributed by atoms with E-state index in [0.29, 0.717) is 11.8 Å². The van der Waals surface area contributed by atoms with E-state index in [4.69, 9.17) is 0 Å². The molecular weight excluding hydrogens is 270 g/mol. The van der Waals surface area contributed by atoms with Crippen LogP contribution in [0.25, 0.3) is 0 Å². The maximum atomic E-state index is 13.0. The van der Waals surface area contributed by atoms with Gasteiger partial charge in [-0.2, -0.15) is 13.2 Å². The van der Waals surface area contributed by atoms with Crippen molar-refractivity contribution in [2.24, 2.45) is 0 Å². The first-order valence-corrected chi connectivity index (χ1v) is 5.75. The highest BCUT2D eigenvalue weighted by atomic mass is 32.2. The van der Waals surface area contributed by atoms with Gasteiger partial charge in [-0.05, 0) is 6.42 Å². The van der Waals surface area contributed by atoms with Crippen LogP contribution < -0.4 is 0 Å². The van der Waals surface area contributed by atoms with E-state index in [2.05, 4.69) is 0 Å². The van der Waals surface area contributed by atoms with Gasteiger partial charge in [0.05, 0.1) is 0 Å². The normalized spacial score (nSPS) is 14.8. The van der Waals surface area contributed by atoms with Crippen molar-refractivity contribution in [3.05, 3.63) is 0 Å². The van der Waals surface area contributed by atoms with Crippen LogP contribution in [-0.4, -0.2) is 29.1 Å². The van der Waals surface area contributed by atoms with E-state index in [1.807, 2.05) is 0 Å². The van der Waals surface area contributed by atoms with E-state index in [9.17, 15) is 31.1 Å². The van der Waals surface area contributed by atoms with E-state index < -0.39 is 37.5 Å². The largest absolute Gasteiger partial charge is 0.389 e. The second kappa shape index (κ2) is 6.51. The second-order valence-corrected chi connectivity index (χ2v) is 4.74. The van der Waals surface area contributed by atoms with Gasteiger partial charge in [0.15, 0.2) is 11.3 Å². The van der Waals surface area contributed by atoms with Crippen molar-refractivity contribution in [1.82, 2.24) is 0 Å². The molecule has 1 nitrogen and oxygen atoms in total. The van der Waals surface area contributed by atoms with Crippen molar-refractivity contribution in [1.29, 1.82) is 0 Å². The van der Waals surface area contributed by atoms with Gasteiger partial charge in [0, 0.05) is 25.5 Å². The Labute approximate surface area is 98.9 Å². The van der Waals surface area contributed by atoms with Gasteiger partial charge in [-0.3, -0.25) is 4.79 Å². The Morgan fingerprint density at radius 1 is 1.18 bits per heavy atom. The van der Waals surface area contributed by atoms with Gasteiger partial charge in [0.1, 0.15) is 0 Å².